The lowest BCUT2D eigenvalue weighted by Gasteiger charge is -2.07. The molecule has 0 aromatic carbocycles. The Morgan fingerprint density at radius 1 is 1.40 bits per heavy atom. The Kier molecular flexibility index (Phi) is 4.87. The number of hydrogen-bond donors (Lipinski definition) is 2. The maximum atomic E-state index is 12.1. The van der Waals surface area contributed by atoms with Gasteiger partial charge in [0.05, 0.1) is 24.0 Å². The molecule has 0 atom stereocenters. The van der Waals surface area contributed by atoms with Crippen LogP contribution in [0.25, 0.3) is 0 Å². The third kappa shape index (κ3) is 3.67. The van der Waals surface area contributed by atoms with Gasteiger partial charge in [0.2, 0.25) is 0 Å². The summed E-state index contributed by atoms with van der Waals surface area (Å²) in [6.07, 6.45) is 8.38. The number of hydrogen-bond acceptors (Lipinski definition) is 4. The fourth-order valence-electron chi connectivity index (χ4n) is 1.65. The summed E-state index contributed by atoms with van der Waals surface area (Å²) < 4.78 is 1.89. The van der Waals surface area contributed by atoms with Gasteiger partial charge in [0.15, 0.2) is 0 Å². The van der Waals surface area contributed by atoms with Crippen molar-refractivity contribution >= 4 is 5.91 Å². The molecule has 0 bridgehead atoms. The van der Waals surface area contributed by atoms with Crippen molar-refractivity contribution in [2.24, 2.45) is 5.73 Å². The SMILES string of the molecule is NCC#Cc1cnccc1C(=O)NCCn1ccnc1. The zero-order valence-corrected chi connectivity index (χ0v) is 10.9. The molecule has 0 saturated carbocycles. The van der Waals surface area contributed by atoms with Gasteiger partial charge in [-0.2, -0.15) is 0 Å². The van der Waals surface area contributed by atoms with E-state index in [4.69, 9.17) is 5.73 Å². The van der Waals surface area contributed by atoms with E-state index in [1.165, 1.54) is 0 Å². The molecular formula is C14H15N5O. The number of aromatic nitrogens is 3. The molecule has 2 aromatic rings. The highest BCUT2D eigenvalue weighted by atomic mass is 16.1. The Labute approximate surface area is 117 Å². The molecule has 0 aliphatic rings. The smallest absolute Gasteiger partial charge is 0.252 e. The summed E-state index contributed by atoms with van der Waals surface area (Å²) in [7, 11) is 0. The molecule has 20 heavy (non-hydrogen) atoms. The second-order valence-electron chi connectivity index (χ2n) is 3.98. The molecule has 0 fully saturated rings. The number of carbonyl (C=O) groups is 1. The highest BCUT2D eigenvalue weighted by Crippen LogP contribution is 2.05. The van der Waals surface area contributed by atoms with Crippen molar-refractivity contribution < 1.29 is 4.79 Å². The molecule has 0 saturated heterocycles. The number of rotatable bonds is 4. The van der Waals surface area contributed by atoms with Gasteiger partial charge >= 0.3 is 0 Å². The van der Waals surface area contributed by atoms with E-state index in [1.54, 1.807) is 31.0 Å². The Balaban J connectivity index is 1.98. The van der Waals surface area contributed by atoms with Crippen LogP contribution < -0.4 is 11.1 Å². The first-order valence-corrected chi connectivity index (χ1v) is 6.18. The molecule has 2 heterocycles. The second-order valence-corrected chi connectivity index (χ2v) is 3.98. The Hall–Kier alpha value is -2.65. The zero-order chi connectivity index (χ0) is 14.2. The van der Waals surface area contributed by atoms with E-state index in [2.05, 4.69) is 27.1 Å². The molecular weight excluding hydrogens is 254 g/mol. The lowest BCUT2D eigenvalue weighted by Crippen LogP contribution is -2.27. The molecule has 0 aliphatic heterocycles. The summed E-state index contributed by atoms with van der Waals surface area (Å²) in [5, 5.41) is 2.84. The predicted octanol–water partition coefficient (Wildman–Crippen LogP) is 0.0183. The molecule has 2 rings (SSSR count). The van der Waals surface area contributed by atoms with Crippen molar-refractivity contribution in [2.75, 3.05) is 13.1 Å². The predicted molar refractivity (Wildman–Crippen MR) is 74.7 cm³/mol. The van der Waals surface area contributed by atoms with Crippen LogP contribution in [0.15, 0.2) is 37.2 Å². The number of imidazole rings is 1. The molecule has 102 valence electrons. The minimum Gasteiger partial charge on any atom is -0.350 e. The summed E-state index contributed by atoms with van der Waals surface area (Å²) in [5.41, 5.74) is 6.42. The van der Waals surface area contributed by atoms with Crippen LogP contribution in [0.2, 0.25) is 0 Å². The average molecular weight is 269 g/mol. The van der Waals surface area contributed by atoms with E-state index in [9.17, 15) is 4.79 Å². The number of nitrogens with zero attached hydrogens (tertiary/aromatic N) is 3. The van der Waals surface area contributed by atoms with Gasteiger partial charge in [-0.15, -0.1) is 0 Å². The number of nitrogens with two attached hydrogens (primary N) is 1. The van der Waals surface area contributed by atoms with Crippen LogP contribution in [0.5, 0.6) is 0 Å². The third-order valence-electron chi connectivity index (χ3n) is 2.61. The van der Waals surface area contributed by atoms with E-state index in [1.807, 2.05) is 10.8 Å². The fraction of sp³-hybridized carbons (Fsp3) is 0.214. The lowest BCUT2D eigenvalue weighted by molar-refractivity contribution is 0.0952. The number of amides is 1. The molecule has 6 heteroatoms. The first-order valence-electron chi connectivity index (χ1n) is 6.18. The number of carbonyl (C=O) groups excluding carboxylic acids is 1. The van der Waals surface area contributed by atoms with Crippen LogP contribution in [0.1, 0.15) is 15.9 Å². The standard InChI is InChI=1S/C14H15N5O/c15-4-1-2-12-10-16-5-3-13(12)14(20)18-7-9-19-8-6-17-11-19/h3,5-6,8,10-11H,4,7,9,15H2,(H,18,20). The molecule has 2 aromatic heterocycles. The van der Waals surface area contributed by atoms with Crippen LogP contribution >= 0.6 is 0 Å². The molecule has 0 aliphatic carbocycles. The van der Waals surface area contributed by atoms with Crippen molar-refractivity contribution in [3.63, 3.8) is 0 Å². The van der Waals surface area contributed by atoms with E-state index in [0.29, 0.717) is 24.2 Å². The second kappa shape index (κ2) is 7.07. The van der Waals surface area contributed by atoms with Gasteiger partial charge < -0.3 is 15.6 Å². The van der Waals surface area contributed by atoms with Gasteiger partial charge in [0, 0.05) is 37.9 Å². The van der Waals surface area contributed by atoms with Crippen LogP contribution in [0.3, 0.4) is 0 Å². The van der Waals surface area contributed by atoms with Crippen LogP contribution in [0, 0.1) is 11.8 Å². The molecule has 0 spiro atoms. The summed E-state index contributed by atoms with van der Waals surface area (Å²) >= 11 is 0. The molecule has 0 radical (unpaired) electrons. The lowest BCUT2D eigenvalue weighted by atomic mass is 10.1. The molecule has 3 N–H and O–H groups in total. The Morgan fingerprint density at radius 3 is 3.05 bits per heavy atom. The van der Waals surface area contributed by atoms with Crippen LogP contribution in [-0.4, -0.2) is 33.5 Å². The van der Waals surface area contributed by atoms with Crippen molar-refractivity contribution in [3.8, 4) is 11.8 Å². The molecule has 6 nitrogen and oxygen atoms in total. The maximum absolute atomic E-state index is 12.1. The van der Waals surface area contributed by atoms with Crippen molar-refractivity contribution in [3.05, 3.63) is 48.3 Å². The summed E-state index contributed by atoms with van der Waals surface area (Å²) in [4.78, 5) is 20.0. The normalized spacial score (nSPS) is 9.65. The monoisotopic (exact) mass is 269 g/mol. The highest BCUT2D eigenvalue weighted by Gasteiger charge is 2.09. The molecule has 1 amide bonds. The van der Waals surface area contributed by atoms with Gasteiger partial charge in [-0.3, -0.25) is 9.78 Å². The first kappa shape index (κ1) is 13.8. The quantitative estimate of drug-likeness (QED) is 0.766. The third-order valence-corrected chi connectivity index (χ3v) is 2.61. The van der Waals surface area contributed by atoms with Crippen molar-refractivity contribution in [1.29, 1.82) is 0 Å². The van der Waals surface area contributed by atoms with E-state index in [0.717, 1.165) is 0 Å². The topological polar surface area (TPSA) is 85.8 Å². The summed E-state index contributed by atoms with van der Waals surface area (Å²) in [5.74, 6) is 5.40. The molecule has 0 unspecified atom stereocenters. The highest BCUT2D eigenvalue weighted by molar-refractivity contribution is 5.96. The van der Waals surface area contributed by atoms with Gasteiger partial charge in [-0.05, 0) is 6.07 Å². The average Bonchev–Trinajstić information content (AvgIpc) is 2.98. The van der Waals surface area contributed by atoms with Gasteiger partial charge in [0.1, 0.15) is 0 Å². The van der Waals surface area contributed by atoms with E-state index < -0.39 is 0 Å². The maximum Gasteiger partial charge on any atom is 0.252 e. The van der Waals surface area contributed by atoms with Crippen molar-refractivity contribution in [1.82, 2.24) is 19.9 Å². The number of pyridine rings is 1. The van der Waals surface area contributed by atoms with Gasteiger partial charge in [0.25, 0.3) is 5.91 Å². The van der Waals surface area contributed by atoms with Gasteiger partial charge in [-0.25, -0.2) is 4.98 Å². The largest absolute Gasteiger partial charge is 0.350 e. The zero-order valence-electron chi connectivity index (χ0n) is 10.9. The van der Waals surface area contributed by atoms with E-state index in [-0.39, 0.29) is 12.5 Å². The summed E-state index contributed by atoms with van der Waals surface area (Å²) in [6, 6.07) is 1.65. The minimum atomic E-state index is -0.172. The summed E-state index contributed by atoms with van der Waals surface area (Å²) in [6.45, 7) is 1.43. The fourth-order valence-corrected chi connectivity index (χ4v) is 1.65. The Morgan fingerprint density at radius 2 is 2.30 bits per heavy atom. The first-order chi connectivity index (χ1) is 9.81. The van der Waals surface area contributed by atoms with Crippen LogP contribution in [0.4, 0.5) is 0 Å². The van der Waals surface area contributed by atoms with Crippen molar-refractivity contribution in [2.45, 2.75) is 6.54 Å². The van der Waals surface area contributed by atoms with E-state index >= 15 is 0 Å². The number of nitrogens with one attached hydrogen (secondary N) is 1. The Bertz CT molecular complexity index is 625. The van der Waals surface area contributed by atoms with Crippen LogP contribution in [-0.2, 0) is 6.54 Å². The minimum absolute atomic E-state index is 0.172. The van der Waals surface area contributed by atoms with Gasteiger partial charge in [-0.1, -0.05) is 11.8 Å².